The molecule has 0 spiro atoms. The molecule has 0 aromatic carbocycles. The number of thiophene rings is 1. The first-order valence-electron chi connectivity index (χ1n) is 7.27. The molecule has 0 fully saturated rings. The number of unbranched alkanes of at least 4 members (excludes halogenated alkanes) is 1. The minimum Gasteiger partial charge on any atom is -0.465 e. The molecule has 0 unspecified atom stereocenters. The summed E-state index contributed by atoms with van der Waals surface area (Å²) < 4.78 is 4.75. The van der Waals surface area contributed by atoms with E-state index in [1.165, 1.54) is 18.4 Å². The van der Waals surface area contributed by atoms with Crippen LogP contribution in [0.2, 0.25) is 0 Å². The highest BCUT2D eigenvalue weighted by atomic mass is 32.1. The molecule has 2 heterocycles. The Morgan fingerprint density at radius 1 is 1.45 bits per heavy atom. The lowest BCUT2D eigenvalue weighted by Crippen LogP contribution is -2.22. The summed E-state index contributed by atoms with van der Waals surface area (Å²) in [4.78, 5) is 34.5. The van der Waals surface area contributed by atoms with E-state index in [-0.39, 0.29) is 5.56 Å². The van der Waals surface area contributed by atoms with E-state index in [0.29, 0.717) is 33.0 Å². The summed E-state index contributed by atoms with van der Waals surface area (Å²) >= 11 is 1.21. The molecule has 0 aliphatic heterocycles. The van der Waals surface area contributed by atoms with Crippen LogP contribution >= 0.6 is 11.3 Å². The summed E-state index contributed by atoms with van der Waals surface area (Å²) in [6.07, 6.45) is 2.23. The smallest absolute Gasteiger partial charge is 0.348 e. The normalized spacial score (nSPS) is 11.3. The summed E-state index contributed by atoms with van der Waals surface area (Å²) in [5, 5.41) is 0.477. The quantitative estimate of drug-likeness (QED) is 0.826. The molecule has 7 heteroatoms. The number of carbonyl (C=O) groups is 1. The third kappa shape index (κ3) is 3.36. The van der Waals surface area contributed by atoms with Crippen molar-refractivity contribution in [2.45, 2.75) is 33.2 Å². The van der Waals surface area contributed by atoms with E-state index in [1.807, 2.05) is 7.05 Å². The minimum absolute atomic E-state index is 0.201. The number of esters is 1. The van der Waals surface area contributed by atoms with Gasteiger partial charge in [-0.1, -0.05) is 13.3 Å². The molecule has 120 valence electrons. The third-order valence-corrected chi connectivity index (χ3v) is 4.70. The van der Waals surface area contributed by atoms with Gasteiger partial charge in [0, 0.05) is 0 Å². The largest absolute Gasteiger partial charge is 0.465 e. The van der Waals surface area contributed by atoms with Crippen molar-refractivity contribution in [2.24, 2.45) is 0 Å². The lowest BCUT2D eigenvalue weighted by Gasteiger charge is -2.14. The summed E-state index contributed by atoms with van der Waals surface area (Å²) in [6.45, 7) is 5.42. The molecule has 0 amide bonds. The number of nitrogens with one attached hydrogen (secondary N) is 1. The molecule has 2 aromatic rings. The van der Waals surface area contributed by atoms with Gasteiger partial charge in [-0.05, 0) is 32.5 Å². The van der Waals surface area contributed by atoms with Crippen LogP contribution in [-0.4, -0.2) is 41.5 Å². The maximum Gasteiger partial charge on any atom is 0.348 e. The van der Waals surface area contributed by atoms with Gasteiger partial charge in [-0.2, -0.15) is 0 Å². The van der Waals surface area contributed by atoms with Gasteiger partial charge in [0.15, 0.2) is 0 Å². The Morgan fingerprint density at radius 2 is 2.18 bits per heavy atom. The van der Waals surface area contributed by atoms with Gasteiger partial charge in [0.05, 0.1) is 19.0 Å². The first-order valence-corrected chi connectivity index (χ1v) is 8.08. The number of hydrogen-bond acceptors (Lipinski definition) is 6. The van der Waals surface area contributed by atoms with Gasteiger partial charge in [-0.3, -0.25) is 9.69 Å². The second kappa shape index (κ2) is 7.02. The maximum absolute atomic E-state index is 12.3. The van der Waals surface area contributed by atoms with Crippen molar-refractivity contribution >= 4 is 27.5 Å². The summed E-state index contributed by atoms with van der Waals surface area (Å²) in [5.74, 6) is 0.190. The van der Waals surface area contributed by atoms with E-state index in [0.717, 1.165) is 19.4 Å². The molecule has 22 heavy (non-hydrogen) atoms. The number of H-pyrrole nitrogens is 1. The number of ether oxygens (including phenoxy) is 1. The second-order valence-electron chi connectivity index (χ2n) is 5.33. The fourth-order valence-corrected chi connectivity index (χ4v) is 3.43. The Labute approximate surface area is 133 Å². The van der Waals surface area contributed by atoms with Gasteiger partial charge in [-0.25, -0.2) is 9.78 Å². The number of aryl methyl sites for hydroxylation is 1. The fraction of sp³-hybridized carbons (Fsp3) is 0.533. The highest BCUT2D eigenvalue weighted by Crippen LogP contribution is 2.27. The number of carbonyl (C=O) groups excluding carboxylic acids is 1. The zero-order valence-corrected chi connectivity index (χ0v) is 14.2. The van der Waals surface area contributed by atoms with Crippen molar-refractivity contribution in [3.05, 3.63) is 26.6 Å². The molecule has 0 atom stereocenters. The van der Waals surface area contributed by atoms with Crippen LogP contribution in [0, 0.1) is 6.92 Å². The van der Waals surface area contributed by atoms with Gasteiger partial charge in [-0.15, -0.1) is 11.3 Å². The number of aromatic amines is 1. The van der Waals surface area contributed by atoms with Crippen LogP contribution in [0.5, 0.6) is 0 Å². The number of rotatable bonds is 6. The number of nitrogens with zero attached hydrogens (tertiary/aromatic N) is 2. The van der Waals surface area contributed by atoms with Crippen molar-refractivity contribution in [3.8, 4) is 0 Å². The van der Waals surface area contributed by atoms with Crippen molar-refractivity contribution in [1.82, 2.24) is 14.9 Å². The van der Waals surface area contributed by atoms with E-state index in [2.05, 4.69) is 21.8 Å². The van der Waals surface area contributed by atoms with E-state index >= 15 is 0 Å². The van der Waals surface area contributed by atoms with Crippen LogP contribution in [0.4, 0.5) is 0 Å². The average Bonchev–Trinajstić information content (AvgIpc) is 2.81. The van der Waals surface area contributed by atoms with Crippen LogP contribution in [0.1, 0.15) is 40.8 Å². The van der Waals surface area contributed by atoms with Crippen LogP contribution in [0.15, 0.2) is 4.79 Å². The van der Waals surface area contributed by atoms with E-state index in [1.54, 1.807) is 6.92 Å². The lowest BCUT2D eigenvalue weighted by molar-refractivity contribution is 0.0605. The fourth-order valence-electron chi connectivity index (χ4n) is 2.31. The highest BCUT2D eigenvalue weighted by molar-refractivity contribution is 7.20. The summed E-state index contributed by atoms with van der Waals surface area (Å²) in [7, 11) is 3.33. The number of hydrogen-bond donors (Lipinski definition) is 1. The van der Waals surface area contributed by atoms with Crippen molar-refractivity contribution < 1.29 is 9.53 Å². The molecule has 2 rings (SSSR count). The Balaban J connectivity index is 2.37. The third-order valence-electron chi connectivity index (χ3n) is 3.53. The molecule has 0 saturated carbocycles. The van der Waals surface area contributed by atoms with Gasteiger partial charge in [0.1, 0.15) is 15.5 Å². The molecule has 0 radical (unpaired) electrons. The monoisotopic (exact) mass is 323 g/mol. The predicted octanol–water partition coefficient (Wildman–Crippen LogP) is 2.31. The molecule has 0 saturated heterocycles. The maximum atomic E-state index is 12.3. The van der Waals surface area contributed by atoms with Crippen LogP contribution in [0.25, 0.3) is 10.2 Å². The Morgan fingerprint density at radius 3 is 2.82 bits per heavy atom. The molecule has 0 aliphatic rings. The summed E-state index contributed by atoms with van der Waals surface area (Å²) in [6, 6.07) is 0. The summed E-state index contributed by atoms with van der Waals surface area (Å²) in [5.41, 5.74) is 0.430. The van der Waals surface area contributed by atoms with Crippen LogP contribution < -0.4 is 5.56 Å². The molecular weight excluding hydrogens is 302 g/mol. The van der Waals surface area contributed by atoms with Gasteiger partial charge in [0.2, 0.25) is 0 Å². The lowest BCUT2D eigenvalue weighted by atomic mass is 10.2. The topological polar surface area (TPSA) is 75.3 Å². The van der Waals surface area contributed by atoms with Crippen molar-refractivity contribution in [3.63, 3.8) is 0 Å². The highest BCUT2D eigenvalue weighted by Gasteiger charge is 2.19. The molecular formula is C15H21N3O3S. The van der Waals surface area contributed by atoms with E-state index < -0.39 is 5.97 Å². The van der Waals surface area contributed by atoms with Crippen LogP contribution in [0.3, 0.4) is 0 Å². The van der Waals surface area contributed by atoms with Crippen LogP contribution in [-0.2, 0) is 11.3 Å². The Bertz CT molecular complexity index is 735. The predicted molar refractivity (Wildman–Crippen MR) is 87.6 cm³/mol. The number of aromatic nitrogens is 2. The number of methoxy groups -OCH3 is 1. The molecule has 2 aromatic heterocycles. The van der Waals surface area contributed by atoms with Crippen molar-refractivity contribution in [2.75, 3.05) is 20.7 Å². The SMILES string of the molecule is CCCCN(C)Cc1nc2sc(C(=O)OC)c(C)c2c(=O)[nH]1. The number of fused-ring (bicyclic) bond motifs is 1. The molecule has 0 aliphatic carbocycles. The standard InChI is InChI=1S/C15H21N3O3S/c1-5-6-7-18(3)8-10-16-13(19)11-9(2)12(15(20)21-4)22-14(11)17-10/h5-8H2,1-4H3,(H,16,17,19). The van der Waals surface area contributed by atoms with E-state index in [4.69, 9.17) is 4.74 Å². The first-order chi connectivity index (χ1) is 10.5. The Hall–Kier alpha value is -1.73. The molecule has 0 bridgehead atoms. The van der Waals surface area contributed by atoms with Gasteiger partial charge >= 0.3 is 5.97 Å². The second-order valence-corrected chi connectivity index (χ2v) is 6.33. The van der Waals surface area contributed by atoms with Crippen molar-refractivity contribution in [1.29, 1.82) is 0 Å². The zero-order chi connectivity index (χ0) is 16.3. The van der Waals surface area contributed by atoms with Gasteiger partial charge in [0.25, 0.3) is 5.56 Å². The minimum atomic E-state index is -0.429. The zero-order valence-electron chi connectivity index (χ0n) is 13.4. The molecule has 1 N–H and O–H groups in total. The Kier molecular flexibility index (Phi) is 5.31. The van der Waals surface area contributed by atoms with Gasteiger partial charge < -0.3 is 9.72 Å². The first kappa shape index (κ1) is 16.6. The molecule has 6 nitrogen and oxygen atoms in total. The average molecular weight is 323 g/mol. The van der Waals surface area contributed by atoms with E-state index in [9.17, 15) is 9.59 Å².